The van der Waals surface area contributed by atoms with E-state index in [1.807, 2.05) is 20.8 Å². The molecule has 0 atom stereocenters. The van der Waals surface area contributed by atoms with Crippen molar-refractivity contribution in [3.05, 3.63) is 12.1 Å². The molecule has 1 aromatic carbocycles. The summed E-state index contributed by atoms with van der Waals surface area (Å²) in [5.41, 5.74) is 0.646. The molecule has 5 nitrogen and oxygen atoms in total. The van der Waals surface area contributed by atoms with Crippen molar-refractivity contribution in [2.24, 2.45) is 0 Å². The number of hydrogen-bond acceptors (Lipinski definition) is 4. The molecule has 1 rings (SSSR count). The minimum absolute atomic E-state index is 0.0564. The number of hydrogen-bond donors (Lipinski definition) is 1. The van der Waals surface area contributed by atoms with Gasteiger partial charge in [0.25, 0.3) is 0 Å². The van der Waals surface area contributed by atoms with Gasteiger partial charge >= 0.3 is 0 Å². The van der Waals surface area contributed by atoms with Gasteiger partial charge in [0, 0.05) is 24.2 Å². The molecular formula is C15H23NO4. The molecule has 0 radical (unpaired) electrons. The number of carbonyl (C=O) groups excluding carboxylic acids is 1. The van der Waals surface area contributed by atoms with Crippen LogP contribution in [0.25, 0.3) is 0 Å². The molecule has 1 N–H and O–H groups in total. The van der Waals surface area contributed by atoms with Crippen LogP contribution in [0.15, 0.2) is 12.1 Å². The maximum absolute atomic E-state index is 11.5. The van der Waals surface area contributed by atoms with E-state index in [-0.39, 0.29) is 5.91 Å². The van der Waals surface area contributed by atoms with Gasteiger partial charge in [0.05, 0.1) is 19.8 Å². The summed E-state index contributed by atoms with van der Waals surface area (Å²) in [6, 6.07) is 3.51. The third-order valence-corrected chi connectivity index (χ3v) is 2.51. The summed E-state index contributed by atoms with van der Waals surface area (Å²) in [6.45, 7) is 9.03. The Labute approximate surface area is 120 Å². The lowest BCUT2D eigenvalue weighted by Crippen LogP contribution is -2.10. The lowest BCUT2D eigenvalue weighted by atomic mass is 10.2. The van der Waals surface area contributed by atoms with Crippen LogP contribution in [0.1, 0.15) is 34.1 Å². The van der Waals surface area contributed by atoms with Crippen molar-refractivity contribution in [1.82, 2.24) is 0 Å². The van der Waals surface area contributed by atoms with Crippen LogP contribution in [-0.4, -0.2) is 25.7 Å². The first-order chi connectivity index (χ1) is 9.65. The highest BCUT2D eigenvalue weighted by Gasteiger charge is 2.15. The molecule has 112 valence electrons. The normalized spacial score (nSPS) is 10.0. The van der Waals surface area contributed by atoms with Gasteiger partial charge in [0.15, 0.2) is 11.5 Å². The summed E-state index contributed by atoms with van der Waals surface area (Å²) < 4.78 is 16.7. The van der Waals surface area contributed by atoms with Crippen molar-refractivity contribution in [2.75, 3.05) is 25.1 Å². The SMILES string of the molecule is CCOc1cc(NC(=O)CC)cc(OCC)c1OCC. The average Bonchev–Trinajstić information content (AvgIpc) is 2.43. The zero-order chi connectivity index (χ0) is 15.0. The molecule has 0 fully saturated rings. The summed E-state index contributed by atoms with van der Waals surface area (Å²) in [5, 5.41) is 2.80. The van der Waals surface area contributed by atoms with Gasteiger partial charge in [0.2, 0.25) is 11.7 Å². The summed E-state index contributed by atoms with van der Waals surface area (Å²) >= 11 is 0. The number of benzene rings is 1. The van der Waals surface area contributed by atoms with E-state index in [2.05, 4.69) is 5.32 Å². The van der Waals surface area contributed by atoms with Crippen molar-refractivity contribution in [3.8, 4) is 17.2 Å². The van der Waals surface area contributed by atoms with Gasteiger partial charge < -0.3 is 19.5 Å². The number of carbonyl (C=O) groups is 1. The van der Waals surface area contributed by atoms with E-state index >= 15 is 0 Å². The second-order valence-corrected chi connectivity index (χ2v) is 4.00. The van der Waals surface area contributed by atoms with E-state index in [0.29, 0.717) is 49.2 Å². The fraction of sp³-hybridized carbons (Fsp3) is 0.533. The molecule has 0 aliphatic carbocycles. The zero-order valence-corrected chi connectivity index (χ0v) is 12.6. The summed E-state index contributed by atoms with van der Waals surface area (Å²) in [4.78, 5) is 11.5. The minimum Gasteiger partial charge on any atom is -0.490 e. The molecule has 20 heavy (non-hydrogen) atoms. The standard InChI is InChI=1S/C15H23NO4/c1-5-14(17)16-11-9-12(18-6-2)15(20-8-4)13(10-11)19-7-3/h9-10H,5-8H2,1-4H3,(H,16,17). The first-order valence-electron chi connectivity index (χ1n) is 7.02. The van der Waals surface area contributed by atoms with Crippen LogP contribution in [0.5, 0.6) is 17.2 Å². The Bertz CT molecular complexity index is 418. The van der Waals surface area contributed by atoms with Crippen molar-refractivity contribution < 1.29 is 19.0 Å². The van der Waals surface area contributed by atoms with Gasteiger partial charge in [-0.1, -0.05) is 6.92 Å². The van der Waals surface area contributed by atoms with Crippen LogP contribution in [0.2, 0.25) is 0 Å². The van der Waals surface area contributed by atoms with Crippen LogP contribution in [0.3, 0.4) is 0 Å². The monoisotopic (exact) mass is 281 g/mol. The summed E-state index contributed by atoms with van der Waals surface area (Å²) in [7, 11) is 0. The van der Waals surface area contributed by atoms with E-state index < -0.39 is 0 Å². The highest BCUT2D eigenvalue weighted by Crippen LogP contribution is 2.40. The van der Waals surface area contributed by atoms with E-state index in [1.54, 1.807) is 19.1 Å². The molecule has 0 aliphatic heterocycles. The quantitative estimate of drug-likeness (QED) is 0.794. The molecule has 0 aromatic heterocycles. The Morgan fingerprint density at radius 3 is 1.85 bits per heavy atom. The molecule has 0 saturated carbocycles. The maximum atomic E-state index is 11.5. The van der Waals surface area contributed by atoms with Crippen LogP contribution < -0.4 is 19.5 Å². The second kappa shape index (κ2) is 8.30. The summed E-state index contributed by atoms with van der Waals surface area (Å²) in [5.74, 6) is 1.67. The number of nitrogens with one attached hydrogen (secondary N) is 1. The van der Waals surface area contributed by atoms with Gasteiger partial charge in [0.1, 0.15) is 0 Å². The van der Waals surface area contributed by atoms with Crippen LogP contribution in [-0.2, 0) is 4.79 Å². The van der Waals surface area contributed by atoms with Crippen LogP contribution >= 0.6 is 0 Å². The molecule has 0 spiro atoms. The molecule has 0 aliphatic rings. The highest BCUT2D eigenvalue weighted by molar-refractivity contribution is 5.91. The third kappa shape index (κ3) is 4.33. The highest BCUT2D eigenvalue weighted by atomic mass is 16.5. The summed E-state index contributed by atoms with van der Waals surface area (Å²) in [6.07, 6.45) is 0.418. The Kier molecular flexibility index (Phi) is 6.70. The second-order valence-electron chi connectivity index (χ2n) is 4.00. The Balaban J connectivity index is 3.17. The predicted octanol–water partition coefficient (Wildman–Crippen LogP) is 3.23. The number of ether oxygens (including phenoxy) is 3. The topological polar surface area (TPSA) is 56.8 Å². The first-order valence-corrected chi connectivity index (χ1v) is 7.02. The molecule has 0 saturated heterocycles. The van der Waals surface area contributed by atoms with Crippen molar-refractivity contribution in [1.29, 1.82) is 0 Å². The van der Waals surface area contributed by atoms with Gasteiger partial charge in [-0.25, -0.2) is 0 Å². The van der Waals surface area contributed by atoms with Crippen molar-refractivity contribution >= 4 is 11.6 Å². The van der Waals surface area contributed by atoms with Gasteiger partial charge in [-0.05, 0) is 20.8 Å². The Hall–Kier alpha value is -1.91. The van der Waals surface area contributed by atoms with Gasteiger partial charge in [-0.15, -0.1) is 0 Å². The minimum atomic E-state index is -0.0564. The molecule has 0 heterocycles. The largest absolute Gasteiger partial charge is 0.490 e. The van der Waals surface area contributed by atoms with Gasteiger partial charge in [-0.2, -0.15) is 0 Å². The smallest absolute Gasteiger partial charge is 0.224 e. The van der Waals surface area contributed by atoms with Crippen LogP contribution in [0.4, 0.5) is 5.69 Å². The fourth-order valence-electron chi connectivity index (χ4n) is 1.71. The lowest BCUT2D eigenvalue weighted by molar-refractivity contribution is -0.115. The number of amides is 1. The number of rotatable bonds is 8. The zero-order valence-electron chi connectivity index (χ0n) is 12.6. The fourth-order valence-corrected chi connectivity index (χ4v) is 1.71. The molecule has 1 aromatic rings. The molecule has 0 bridgehead atoms. The molecular weight excluding hydrogens is 258 g/mol. The van der Waals surface area contributed by atoms with E-state index in [4.69, 9.17) is 14.2 Å². The third-order valence-electron chi connectivity index (χ3n) is 2.51. The molecule has 0 unspecified atom stereocenters. The number of anilines is 1. The predicted molar refractivity (Wildman–Crippen MR) is 78.9 cm³/mol. The van der Waals surface area contributed by atoms with Crippen LogP contribution in [0, 0.1) is 0 Å². The lowest BCUT2D eigenvalue weighted by Gasteiger charge is -2.17. The van der Waals surface area contributed by atoms with Crippen molar-refractivity contribution in [3.63, 3.8) is 0 Å². The van der Waals surface area contributed by atoms with E-state index in [9.17, 15) is 4.79 Å². The van der Waals surface area contributed by atoms with E-state index in [0.717, 1.165) is 0 Å². The van der Waals surface area contributed by atoms with E-state index in [1.165, 1.54) is 0 Å². The first kappa shape index (κ1) is 16.1. The van der Waals surface area contributed by atoms with Gasteiger partial charge in [-0.3, -0.25) is 4.79 Å². The Morgan fingerprint density at radius 2 is 1.45 bits per heavy atom. The molecule has 1 amide bonds. The maximum Gasteiger partial charge on any atom is 0.224 e. The molecule has 5 heteroatoms. The van der Waals surface area contributed by atoms with Crippen molar-refractivity contribution in [2.45, 2.75) is 34.1 Å². The average molecular weight is 281 g/mol. The Morgan fingerprint density at radius 1 is 0.950 bits per heavy atom.